The molecule has 0 radical (unpaired) electrons. The Labute approximate surface area is 217 Å². The molecule has 7 nitrogen and oxygen atoms in total. The Hall–Kier alpha value is -3.99. The summed E-state index contributed by atoms with van der Waals surface area (Å²) in [7, 11) is 7.09. The molecular formula is C30H32N4O3. The molecule has 37 heavy (non-hydrogen) atoms. The first-order chi connectivity index (χ1) is 17.8. The number of rotatable bonds is 9. The molecule has 2 atom stereocenters. The van der Waals surface area contributed by atoms with E-state index in [-0.39, 0.29) is 0 Å². The van der Waals surface area contributed by atoms with Crippen LogP contribution < -0.4 is 9.47 Å². The SMILES string of the molecule is COc1cccc(C(O)(CCN(C)C)C(c2cccc(C)c2)c2cc3cc(C#N)ccc3nc2OC)n1. The molecule has 0 spiro atoms. The normalized spacial score (nSPS) is 13.7. The molecule has 4 aromatic rings. The fourth-order valence-corrected chi connectivity index (χ4v) is 4.76. The largest absolute Gasteiger partial charge is 0.481 e. The third kappa shape index (κ3) is 5.41. The number of nitriles is 1. The van der Waals surface area contributed by atoms with E-state index < -0.39 is 11.5 Å². The summed E-state index contributed by atoms with van der Waals surface area (Å²) in [6.07, 6.45) is 0.387. The molecule has 0 aliphatic rings. The molecule has 190 valence electrons. The van der Waals surface area contributed by atoms with Crippen molar-refractivity contribution >= 4 is 10.9 Å². The molecule has 4 rings (SSSR count). The molecule has 2 heterocycles. The van der Waals surface area contributed by atoms with Crippen LogP contribution in [0.5, 0.6) is 11.8 Å². The Kier molecular flexibility index (Phi) is 7.72. The van der Waals surface area contributed by atoms with Crippen LogP contribution in [0.2, 0.25) is 0 Å². The Bertz CT molecular complexity index is 1450. The second kappa shape index (κ2) is 11.0. The summed E-state index contributed by atoms with van der Waals surface area (Å²) in [5.41, 5.74) is 2.98. The number of ether oxygens (including phenoxy) is 2. The molecule has 2 unspecified atom stereocenters. The highest BCUT2D eigenvalue weighted by Crippen LogP contribution is 2.47. The highest BCUT2D eigenvalue weighted by Gasteiger charge is 2.43. The summed E-state index contributed by atoms with van der Waals surface area (Å²) in [6.45, 7) is 2.64. The van der Waals surface area contributed by atoms with E-state index in [1.165, 1.54) is 0 Å². The lowest BCUT2D eigenvalue weighted by Crippen LogP contribution is -2.38. The highest BCUT2D eigenvalue weighted by molar-refractivity contribution is 5.82. The maximum Gasteiger partial charge on any atom is 0.217 e. The number of hydrogen-bond acceptors (Lipinski definition) is 7. The summed E-state index contributed by atoms with van der Waals surface area (Å²) in [4.78, 5) is 11.5. The number of benzene rings is 2. The minimum atomic E-state index is -1.44. The summed E-state index contributed by atoms with van der Waals surface area (Å²) in [6, 6.07) is 23.0. The lowest BCUT2D eigenvalue weighted by molar-refractivity contribution is -0.000668. The van der Waals surface area contributed by atoms with Gasteiger partial charge >= 0.3 is 0 Å². The van der Waals surface area contributed by atoms with E-state index in [1.54, 1.807) is 32.4 Å². The topological polar surface area (TPSA) is 91.5 Å². The molecule has 0 aliphatic carbocycles. The van der Waals surface area contributed by atoms with Crippen LogP contribution in [0, 0.1) is 18.3 Å². The number of methoxy groups -OCH3 is 2. The zero-order valence-corrected chi connectivity index (χ0v) is 21.9. The van der Waals surface area contributed by atoms with Gasteiger partial charge < -0.3 is 19.5 Å². The molecule has 0 fully saturated rings. The summed E-state index contributed by atoms with van der Waals surface area (Å²) in [5, 5.41) is 23.0. The maximum absolute atomic E-state index is 12.7. The Morgan fingerprint density at radius 1 is 1.00 bits per heavy atom. The minimum Gasteiger partial charge on any atom is -0.481 e. The van der Waals surface area contributed by atoms with E-state index in [0.717, 1.165) is 16.5 Å². The van der Waals surface area contributed by atoms with Gasteiger partial charge in [-0.15, -0.1) is 0 Å². The summed E-state index contributed by atoms with van der Waals surface area (Å²) in [5.74, 6) is 0.255. The number of nitrogens with zero attached hydrogens (tertiary/aromatic N) is 4. The first-order valence-corrected chi connectivity index (χ1v) is 12.1. The van der Waals surface area contributed by atoms with Gasteiger partial charge in [-0.05, 0) is 63.3 Å². The van der Waals surface area contributed by atoms with E-state index in [4.69, 9.17) is 14.5 Å². The van der Waals surface area contributed by atoms with Crippen LogP contribution in [-0.2, 0) is 5.60 Å². The van der Waals surface area contributed by atoms with Crippen LogP contribution in [0.15, 0.2) is 66.7 Å². The highest BCUT2D eigenvalue weighted by atomic mass is 16.5. The second-order valence-corrected chi connectivity index (χ2v) is 9.50. The van der Waals surface area contributed by atoms with Crippen molar-refractivity contribution in [3.63, 3.8) is 0 Å². The van der Waals surface area contributed by atoms with E-state index in [1.807, 2.05) is 68.4 Å². The van der Waals surface area contributed by atoms with Crippen LogP contribution in [0.4, 0.5) is 0 Å². The van der Waals surface area contributed by atoms with Crippen molar-refractivity contribution in [2.24, 2.45) is 0 Å². The lowest BCUT2D eigenvalue weighted by Gasteiger charge is -2.38. The third-order valence-electron chi connectivity index (χ3n) is 6.61. The van der Waals surface area contributed by atoms with E-state index in [9.17, 15) is 10.4 Å². The number of fused-ring (bicyclic) bond motifs is 1. The minimum absolute atomic E-state index is 0.387. The molecule has 2 aromatic carbocycles. The van der Waals surface area contributed by atoms with Gasteiger partial charge in [0.05, 0.1) is 37.1 Å². The Morgan fingerprint density at radius 2 is 1.78 bits per heavy atom. The fraction of sp³-hybridized carbons (Fsp3) is 0.300. The predicted octanol–water partition coefficient (Wildman–Crippen LogP) is 4.80. The third-order valence-corrected chi connectivity index (χ3v) is 6.61. The fourth-order valence-electron chi connectivity index (χ4n) is 4.76. The second-order valence-electron chi connectivity index (χ2n) is 9.50. The quantitative estimate of drug-likeness (QED) is 0.356. The average molecular weight is 497 g/mol. The lowest BCUT2D eigenvalue weighted by atomic mass is 9.73. The number of pyridine rings is 2. The molecule has 2 aromatic heterocycles. The van der Waals surface area contributed by atoms with Crippen molar-refractivity contribution in [3.8, 4) is 17.8 Å². The van der Waals surface area contributed by atoms with E-state index >= 15 is 0 Å². The smallest absolute Gasteiger partial charge is 0.217 e. The van der Waals surface area contributed by atoms with Gasteiger partial charge in [-0.2, -0.15) is 5.26 Å². The molecule has 1 N–H and O–H groups in total. The van der Waals surface area contributed by atoms with Gasteiger partial charge in [0.25, 0.3) is 0 Å². The zero-order valence-electron chi connectivity index (χ0n) is 21.9. The monoisotopic (exact) mass is 496 g/mol. The number of hydrogen-bond donors (Lipinski definition) is 1. The van der Waals surface area contributed by atoms with Gasteiger partial charge in [0.2, 0.25) is 11.8 Å². The van der Waals surface area contributed by atoms with Gasteiger partial charge in [0.1, 0.15) is 5.60 Å². The van der Waals surface area contributed by atoms with Crippen LogP contribution in [0.3, 0.4) is 0 Å². The molecular weight excluding hydrogens is 464 g/mol. The van der Waals surface area contributed by atoms with Gasteiger partial charge in [0, 0.05) is 29.5 Å². The zero-order chi connectivity index (χ0) is 26.6. The van der Waals surface area contributed by atoms with Crippen molar-refractivity contribution in [2.45, 2.75) is 24.9 Å². The van der Waals surface area contributed by atoms with Crippen molar-refractivity contribution < 1.29 is 14.6 Å². The number of aliphatic hydroxyl groups is 1. The first-order valence-electron chi connectivity index (χ1n) is 12.1. The number of aryl methyl sites for hydroxylation is 1. The van der Waals surface area contributed by atoms with E-state index in [0.29, 0.717) is 47.1 Å². The Balaban J connectivity index is 2.05. The maximum atomic E-state index is 12.7. The molecule has 0 saturated carbocycles. The van der Waals surface area contributed by atoms with Crippen molar-refractivity contribution in [1.29, 1.82) is 5.26 Å². The molecule has 0 amide bonds. The molecule has 0 bridgehead atoms. The van der Waals surface area contributed by atoms with Crippen molar-refractivity contribution in [3.05, 3.63) is 94.7 Å². The first kappa shape index (κ1) is 26.1. The van der Waals surface area contributed by atoms with Gasteiger partial charge in [-0.3, -0.25) is 0 Å². The van der Waals surface area contributed by atoms with E-state index in [2.05, 4.69) is 17.1 Å². The van der Waals surface area contributed by atoms with Crippen LogP contribution in [0.25, 0.3) is 10.9 Å². The number of aromatic nitrogens is 2. The van der Waals surface area contributed by atoms with Crippen molar-refractivity contribution in [2.75, 3.05) is 34.9 Å². The van der Waals surface area contributed by atoms with Crippen LogP contribution in [0.1, 0.15) is 40.3 Å². The molecule has 0 saturated heterocycles. The molecule has 7 heteroatoms. The van der Waals surface area contributed by atoms with Gasteiger partial charge in [0.15, 0.2) is 0 Å². The van der Waals surface area contributed by atoms with Gasteiger partial charge in [-0.1, -0.05) is 35.9 Å². The average Bonchev–Trinajstić information content (AvgIpc) is 2.91. The summed E-state index contributed by atoms with van der Waals surface area (Å²) >= 11 is 0. The van der Waals surface area contributed by atoms with Crippen LogP contribution in [-0.4, -0.2) is 54.8 Å². The van der Waals surface area contributed by atoms with Crippen LogP contribution >= 0.6 is 0 Å². The summed E-state index contributed by atoms with van der Waals surface area (Å²) < 4.78 is 11.2. The molecule has 0 aliphatic heterocycles. The van der Waals surface area contributed by atoms with Crippen molar-refractivity contribution in [1.82, 2.24) is 14.9 Å². The predicted molar refractivity (Wildman–Crippen MR) is 144 cm³/mol. The Morgan fingerprint density at radius 3 is 2.46 bits per heavy atom. The van der Waals surface area contributed by atoms with Gasteiger partial charge in [-0.25, -0.2) is 9.97 Å². The standard InChI is InChI=1S/C30H32N4O3/c1-20-8-6-9-22(16-20)28(24-18-23-17-21(19-31)12-13-25(23)32-29(24)37-5)30(35,14-15-34(2)3)26-10-7-11-27(33-26)36-4/h6-13,16-18,28,35H,14-15H2,1-5H3.